The quantitative estimate of drug-likeness (QED) is 0.836. The number of H-pyrrole nitrogens is 1. The lowest BCUT2D eigenvalue weighted by Gasteiger charge is -2.13. The lowest BCUT2D eigenvalue weighted by atomic mass is 10.1. The summed E-state index contributed by atoms with van der Waals surface area (Å²) in [5.74, 6) is -0.123. The summed E-state index contributed by atoms with van der Waals surface area (Å²) in [6, 6.07) is 4.18. The molecule has 2 nitrogen and oxygen atoms in total. The van der Waals surface area contributed by atoms with E-state index in [1.165, 1.54) is 6.07 Å². The summed E-state index contributed by atoms with van der Waals surface area (Å²) in [6.45, 7) is 1.86. The van der Waals surface area contributed by atoms with E-state index in [9.17, 15) is 13.2 Å². The van der Waals surface area contributed by atoms with Crippen LogP contribution < -0.4 is 4.74 Å². The second kappa shape index (κ2) is 3.73. The molecule has 0 aliphatic rings. The van der Waals surface area contributed by atoms with Crippen molar-refractivity contribution in [2.24, 2.45) is 0 Å². The van der Waals surface area contributed by atoms with Crippen molar-refractivity contribution in [2.75, 3.05) is 6.61 Å². The second-order valence-corrected chi connectivity index (χ2v) is 3.34. The molecule has 1 heterocycles. The molecular formula is C11H10F3NO. The largest absolute Gasteiger partial charge is 0.493 e. The van der Waals surface area contributed by atoms with Crippen molar-refractivity contribution in [3.63, 3.8) is 0 Å². The highest BCUT2D eigenvalue weighted by molar-refractivity contribution is 5.82. The Balaban J connectivity index is 2.62. The normalized spacial score (nSPS) is 12.0. The summed E-state index contributed by atoms with van der Waals surface area (Å²) in [4.78, 5) is 2.75. The number of benzene rings is 1. The molecule has 0 saturated heterocycles. The van der Waals surface area contributed by atoms with Gasteiger partial charge in [-0.3, -0.25) is 0 Å². The molecule has 0 spiro atoms. The van der Waals surface area contributed by atoms with Crippen molar-refractivity contribution in [1.82, 2.24) is 4.98 Å². The van der Waals surface area contributed by atoms with Gasteiger partial charge >= 0.3 is 6.18 Å². The van der Waals surface area contributed by atoms with Gasteiger partial charge in [-0.2, -0.15) is 13.2 Å². The SMILES string of the molecule is CCOc1cc2cc[nH]c2cc1C(F)(F)F. The minimum absolute atomic E-state index is 0.123. The minimum atomic E-state index is -4.40. The number of alkyl halides is 3. The van der Waals surface area contributed by atoms with Crippen LogP contribution >= 0.6 is 0 Å². The number of fused-ring (bicyclic) bond motifs is 1. The van der Waals surface area contributed by atoms with Gasteiger partial charge in [0, 0.05) is 17.1 Å². The van der Waals surface area contributed by atoms with Crippen LogP contribution in [0.5, 0.6) is 5.75 Å². The third-order valence-electron chi connectivity index (χ3n) is 2.26. The van der Waals surface area contributed by atoms with Crippen LogP contribution in [0.1, 0.15) is 12.5 Å². The Bertz CT molecular complexity index is 501. The third kappa shape index (κ3) is 1.85. The average Bonchev–Trinajstić information content (AvgIpc) is 2.62. The number of hydrogen-bond acceptors (Lipinski definition) is 1. The maximum Gasteiger partial charge on any atom is 0.420 e. The van der Waals surface area contributed by atoms with E-state index in [1.807, 2.05) is 0 Å². The number of ether oxygens (including phenoxy) is 1. The van der Waals surface area contributed by atoms with Crippen LogP contribution in [-0.2, 0) is 6.18 Å². The fraction of sp³-hybridized carbons (Fsp3) is 0.273. The predicted octanol–water partition coefficient (Wildman–Crippen LogP) is 3.59. The third-order valence-corrected chi connectivity index (χ3v) is 2.26. The maximum atomic E-state index is 12.7. The molecule has 1 aromatic heterocycles. The standard InChI is InChI=1S/C11H10F3NO/c1-2-16-10-5-7-3-4-15-9(7)6-8(10)11(12,13)14/h3-6,15H,2H2,1H3. The van der Waals surface area contributed by atoms with Crippen LogP contribution in [-0.4, -0.2) is 11.6 Å². The van der Waals surface area contributed by atoms with Crippen molar-refractivity contribution in [2.45, 2.75) is 13.1 Å². The fourth-order valence-electron chi connectivity index (χ4n) is 1.58. The van der Waals surface area contributed by atoms with Crippen molar-refractivity contribution in [3.8, 4) is 5.75 Å². The van der Waals surface area contributed by atoms with E-state index in [0.717, 1.165) is 6.07 Å². The molecule has 1 N–H and O–H groups in total. The van der Waals surface area contributed by atoms with E-state index in [2.05, 4.69) is 4.98 Å². The molecule has 0 bridgehead atoms. The molecule has 0 atom stereocenters. The molecule has 16 heavy (non-hydrogen) atoms. The van der Waals surface area contributed by atoms with Gasteiger partial charge in [0.2, 0.25) is 0 Å². The topological polar surface area (TPSA) is 25.0 Å². The van der Waals surface area contributed by atoms with E-state index in [4.69, 9.17) is 4.74 Å². The Labute approximate surface area is 90.0 Å². The van der Waals surface area contributed by atoms with E-state index in [1.54, 1.807) is 19.2 Å². The van der Waals surface area contributed by atoms with Gasteiger partial charge in [-0.05, 0) is 25.1 Å². The Kier molecular flexibility index (Phi) is 2.53. The summed E-state index contributed by atoms with van der Waals surface area (Å²) < 4.78 is 43.1. The number of nitrogens with one attached hydrogen (secondary N) is 1. The molecule has 0 amide bonds. The van der Waals surface area contributed by atoms with Crippen LogP contribution in [0.3, 0.4) is 0 Å². The number of hydrogen-bond donors (Lipinski definition) is 1. The van der Waals surface area contributed by atoms with Gasteiger partial charge in [0.05, 0.1) is 12.2 Å². The lowest BCUT2D eigenvalue weighted by molar-refractivity contribution is -0.138. The summed E-state index contributed by atoms with van der Waals surface area (Å²) in [5, 5.41) is 0.705. The second-order valence-electron chi connectivity index (χ2n) is 3.34. The highest BCUT2D eigenvalue weighted by atomic mass is 19.4. The zero-order valence-corrected chi connectivity index (χ0v) is 8.56. The van der Waals surface area contributed by atoms with Crippen LogP contribution in [0, 0.1) is 0 Å². The first kappa shape index (κ1) is 10.9. The van der Waals surface area contributed by atoms with Gasteiger partial charge in [-0.1, -0.05) is 0 Å². The highest BCUT2D eigenvalue weighted by Crippen LogP contribution is 2.38. The molecule has 0 aliphatic heterocycles. The molecule has 1 aromatic carbocycles. The van der Waals surface area contributed by atoms with Crippen LogP contribution in [0.15, 0.2) is 24.4 Å². The Morgan fingerprint density at radius 3 is 2.69 bits per heavy atom. The molecular weight excluding hydrogens is 219 g/mol. The number of aromatic amines is 1. The molecule has 2 aromatic rings. The van der Waals surface area contributed by atoms with E-state index >= 15 is 0 Å². The van der Waals surface area contributed by atoms with E-state index in [0.29, 0.717) is 10.9 Å². The summed E-state index contributed by atoms with van der Waals surface area (Å²) >= 11 is 0. The number of rotatable bonds is 2. The molecule has 5 heteroatoms. The number of aromatic nitrogens is 1. The zero-order chi connectivity index (χ0) is 11.8. The van der Waals surface area contributed by atoms with Gasteiger partial charge in [0.1, 0.15) is 5.75 Å². The van der Waals surface area contributed by atoms with Gasteiger partial charge in [0.25, 0.3) is 0 Å². The smallest absolute Gasteiger partial charge is 0.420 e. The molecule has 0 radical (unpaired) electrons. The molecule has 0 unspecified atom stereocenters. The minimum Gasteiger partial charge on any atom is -0.493 e. The Morgan fingerprint density at radius 1 is 1.31 bits per heavy atom. The van der Waals surface area contributed by atoms with Crippen LogP contribution in [0.25, 0.3) is 10.9 Å². The first-order valence-electron chi connectivity index (χ1n) is 4.83. The molecule has 2 rings (SSSR count). The Hall–Kier alpha value is -1.65. The highest BCUT2D eigenvalue weighted by Gasteiger charge is 2.34. The van der Waals surface area contributed by atoms with Gasteiger partial charge in [-0.25, -0.2) is 0 Å². The predicted molar refractivity (Wildman–Crippen MR) is 54.5 cm³/mol. The first-order valence-corrected chi connectivity index (χ1v) is 4.83. The Morgan fingerprint density at radius 2 is 2.06 bits per heavy atom. The van der Waals surface area contributed by atoms with Gasteiger partial charge < -0.3 is 9.72 Å². The van der Waals surface area contributed by atoms with Crippen molar-refractivity contribution in [1.29, 1.82) is 0 Å². The summed E-state index contributed by atoms with van der Waals surface area (Å²) in [6.07, 6.45) is -2.80. The monoisotopic (exact) mass is 229 g/mol. The molecule has 0 fully saturated rings. The average molecular weight is 229 g/mol. The van der Waals surface area contributed by atoms with Gasteiger partial charge in [-0.15, -0.1) is 0 Å². The molecule has 0 saturated carbocycles. The fourth-order valence-corrected chi connectivity index (χ4v) is 1.58. The van der Waals surface area contributed by atoms with Crippen molar-refractivity contribution in [3.05, 3.63) is 30.0 Å². The summed E-state index contributed by atoms with van der Waals surface area (Å²) in [5.41, 5.74) is -0.292. The lowest BCUT2D eigenvalue weighted by Crippen LogP contribution is -2.08. The zero-order valence-electron chi connectivity index (χ0n) is 8.56. The maximum absolute atomic E-state index is 12.7. The van der Waals surface area contributed by atoms with Crippen molar-refractivity contribution >= 4 is 10.9 Å². The summed E-state index contributed by atoms with van der Waals surface area (Å²) in [7, 11) is 0. The first-order chi connectivity index (χ1) is 7.52. The van der Waals surface area contributed by atoms with Crippen LogP contribution in [0.4, 0.5) is 13.2 Å². The van der Waals surface area contributed by atoms with Crippen LogP contribution in [0.2, 0.25) is 0 Å². The van der Waals surface area contributed by atoms with E-state index in [-0.39, 0.29) is 12.4 Å². The van der Waals surface area contributed by atoms with Gasteiger partial charge in [0.15, 0.2) is 0 Å². The number of halogens is 3. The van der Waals surface area contributed by atoms with Crippen molar-refractivity contribution < 1.29 is 17.9 Å². The van der Waals surface area contributed by atoms with E-state index < -0.39 is 11.7 Å². The molecule has 86 valence electrons. The molecule has 0 aliphatic carbocycles.